The second-order valence-corrected chi connectivity index (χ2v) is 8.33. The Morgan fingerprint density at radius 2 is 1.79 bits per heavy atom. The number of benzene rings is 3. The molecule has 0 heterocycles. The minimum atomic E-state index is -0.951. The lowest BCUT2D eigenvalue weighted by Gasteiger charge is -2.19. The van der Waals surface area contributed by atoms with E-state index in [2.05, 4.69) is 61.5 Å². The fourth-order valence-corrected chi connectivity index (χ4v) is 4.88. The lowest BCUT2D eigenvalue weighted by atomic mass is 9.86. The van der Waals surface area contributed by atoms with Crippen molar-refractivity contribution in [1.82, 2.24) is 0 Å². The third-order valence-electron chi connectivity index (χ3n) is 6.30. The normalized spacial score (nSPS) is 19.9. The van der Waals surface area contributed by atoms with Crippen molar-refractivity contribution in [1.29, 1.82) is 0 Å². The van der Waals surface area contributed by atoms with Gasteiger partial charge < -0.3 is 9.84 Å². The molecule has 3 nitrogen and oxygen atoms in total. The highest BCUT2D eigenvalue weighted by Gasteiger charge is 2.27. The molecule has 1 aliphatic rings. The van der Waals surface area contributed by atoms with E-state index in [4.69, 9.17) is 9.84 Å². The van der Waals surface area contributed by atoms with Crippen LogP contribution in [0.4, 0.5) is 0 Å². The molecule has 3 heteroatoms. The zero-order chi connectivity index (χ0) is 20.2. The van der Waals surface area contributed by atoms with Crippen LogP contribution in [0.15, 0.2) is 66.7 Å². The van der Waals surface area contributed by atoms with Crippen molar-refractivity contribution in [2.75, 3.05) is 6.61 Å². The van der Waals surface area contributed by atoms with Crippen molar-refractivity contribution >= 4 is 16.7 Å². The predicted octanol–water partition coefficient (Wildman–Crippen LogP) is 6.38. The van der Waals surface area contributed by atoms with Crippen LogP contribution in [0.3, 0.4) is 0 Å². The monoisotopic (exact) mass is 388 g/mol. The van der Waals surface area contributed by atoms with Crippen LogP contribution in [-0.4, -0.2) is 17.7 Å². The van der Waals surface area contributed by atoms with Gasteiger partial charge in [-0.1, -0.05) is 61.5 Å². The van der Waals surface area contributed by atoms with E-state index in [1.54, 1.807) is 0 Å². The number of ether oxygens (including phenoxy) is 1. The zero-order valence-electron chi connectivity index (χ0n) is 16.9. The van der Waals surface area contributed by atoms with E-state index in [0.717, 1.165) is 5.92 Å². The number of carboxylic acid groups (broad SMARTS) is 1. The lowest BCUT2D eigenvalue weighted by molar-refractivity contribution is -0.139. The molecule has 0 amide bonds. The molecule has 0 saturated heterocycles. The van der Waals surface area contributed by atoms with Crippen LogP contribution in [0.2, 0.25) is 0 Å². The highest BCUT2D eigenvalue weighted by Crippen LogP contribution is 2.43. The number of rotatable bonds is 7. The van der Waals surface area contributed by atoms with Crippen LogP contribution in [-0.2, 0) is 4.79 Å². The molecule has 4 rings (SSSR count). The largest absolute Gasteiger partial charge is 0.482 e. The smallest absolute Gasteiger partial charge is 0.341 e. The second-order valence-electron chi connectivity index (χ2n) is 8.33. The third kappa shape index (κ3) is 4.61. The Morgan fingerprint density at radius 1 is 1.03 bits per heavy atom. The fraction of sp³-hybridized carbons (Fsp3) is 0.346. The minimum Gasteiger partial charge on any atom is -0.482 e. The van der Waals surface area contributed by atoms with Gasteiger partial charge in [-0.05, 0) is 77.5 Å². The van der Waals surface area contributed by atoms with Gasteiger partial charge in [0.2, 0.25) is 0 Å². The van der Waals surface area contributed by atoms with Crippen LogP contribution in [0.5, 0.6) is 5.75 Å². The van der Waals surface area contributed by atoms with Crippen LogP contribution in [0, 0.1) is 5.92 Å². The number of carbonyl (C=O) groups is 1. The molecule has 150 valence electrons. The van der Waals surface area contributed by atoms with Crippen LogP contribution >= 0.6 is 0 Å². The summed E-state index contributed by atoms with van der Waals surface area (Å²) < 4.78 is 5.24. The topological polar surface area (TPSA) is 46.5 Å². The summed E-state index contributed by atoms with van der Waals surface area (Å²) in [5, 5.41) is 11.4. The Bertz CT molecular complexity index is 971. The maximum absolute atomic E-state index is 10.6. The first kappa shape index (κ1) is 19.5. The van der Waals surface area contributed by atoms with Gasteiger partial charge >= 0.3 is 5.97 Å². The average molecular weight is 389 g/mol. The standard InChI is InChI=1S/C26H28O3/c1-18(24-8-4-6-21-5-2-3-7-25(21)24)15-19-9-10-22(16-19)20-11-13-23(14-12-20)29-17-26(27)28/h2-8,11-14,18-19,22H,9-10,15-17H2,1H3,(H,27,28)/t18-,19?,22?/m0/s1. The minimum absolute atomic E-state index is 0.295. The molecule has 29 heavy (non-hydrogen) atoms. The van der Waals surface area contributed by atoms with Gasteiger partial charge in [-0.3, -0.25) is 0 Å². The quantitative estimate of drug-likeness (QED) is 0.511. The molecular formula is C26H28O3. The molecule has 0 aromatic heterocycles. The first-order valence-corrected chi connectivity index (χ1v) is 10.5. The Labute approximate surface area is 172 Å². The first-order chi connectivity index (χ1) is 14.1. The van der Waals surface area contributed by atoms with E-state index >= 15 is 0 Å². The van der Waals surface area contributed by atoms with E-state index in [9.17, 15) is 4.79 Å². The van der Waals surface area contributed by atoms with Crippen LogP contribution in [0.25, 0.3) is 10.8 Å². The van der Waals surface area contributed by atoms with Crippen molar-refractivity contribution < 1.29 is 14.6 Å². The van der Waals surface area contributed by atoms with Gasteiger partial charge in [0.25, 0.3) is 0 Å². The van der Waals surface area contributed by atoms with Gasteiger partial charge in [0, 0.05) is 0 Å². The van der Waals surface area contributed by atoms with E-state index in [1.807, 2.05) is 12.1 Å². The summed E-state index contributed by atoms with van der Waals surface area (Å²) in [6.45, 7) is 2.07. The van der Waals surface area contributed by atoms with E-state index in [0.29, 0.717) is 17.6 Å². The molecule has 0 spiro atoms. The Hall–Kier alpha value is -2.81. The second kappa shape index (κ2) is 8.69. The van der Waals surface area contributed by atoms with Gasteiger partial charge in [-0.25, -0.2) is 4.79 Å². The predicted molar refractivity (Wildman–Crippen MR) is 117 cm³/mol. The maximum Gasteiger partial charge on any atom is 0.341 e. The van der Waals surface area contributed by atoms with E-state index in [-0.39, 0.29) is 6.61 Å². The van der Waals surface area contributed by atoms with E-state index in [1.165, 1.54) is 47.6 Å². The molecule has 1 N–H and O–H groups in total. The summed E-state index contributed by atoms with van der Waals surface area (Å²) in [7, 11) is 0. The Kier molecular flexibility index (Phi) is 5.84. The molecule has 1 fully saturated rings. The number of aliphatic carboxylic acids is 1. The number of hydrogen-bond donors (Lipinski definition) is 1. The summed E-state index contributed by atoms with van der Waals surface area (Å²) in [6, 6.07) is 23.3. The molecule has 0 bridgehead atoms. The molecule has 3 aromatic carbocycles. The molecule has 1 saturated carbocycles. The van der Waals surface area contributed by atoms with Gasteiger partial charge in [-0.15, -0.1) is 0 Å². The van der Waals surface area contributed by atoms with Crippen LogP contribution < -0.4 is 4.74 Å². The van der Waals surface area contributed by atoms with Crippen molar-refractivity contribution in [2.45, 2.75) is 44.4 Å². The number of fused-ring (bicyclic) bond motifs is 1. The highest BCUT2D eigenvalue weighted by atomic mass is 16.5. The Morgan fingerprint density at radius 3 is 2.59 bits per heavy atom. The van der Waals surface area contributed by atoms with Gasteiger partial charge in [-0.2, -0.15) is 0 Å². The van der Waals surface area contributed by atoms with Crippen molar-refractivity contribution in [3.63, 3.8) is 0 Å². The molecule has 0 aliphatic heterocycles. The van der Waals surface area contributed by atoms with E-state index < -0.39 is 5.97 Å². The number of hydrogen-bond acceptors (Lipinski definition) is 2. The summed E-state index contributed by atoms with van der Waals surface area (Å²) in [5.41, 5.74) is 2.81. The SMILES string of the molecule is C[C@@H](CC1CCC(c2ccc(OCC(=O)O)cc2)C1)c1cccc2ccccc12. The van der Waals surface area contributed by atoms with Gasteiger partial charge in [0.1, 0.15) is 5.75 Å². The number of carboxylic acids is 1. The van der Waals surface area contributed by atoms with Gasteiger partial charge in [0.15, 0.2) is 6.61 Å². The summed E-state index contributed by atoms with van der Waals surface area (Å²) in [5.74, 6) is 1.56. The van der Waals surface area contributed by atoms with Crippen molar-refractivity contribution in [3.05, 3.63) is 77.9 Å². The highest BCUT2D eigenvalue weighted by molar-refractivity contribution is 5.86. The Balaban J connectivity index is 1.38. The first-order valence-electron chi connectivity index (χ1n) is 10.5. The molecule has 3 atom stereocenters. The summed E-state index contributed by atoms with van der Waals surface area (Å²) in [6.07, 6.45) is 4.95. The summed E-state index contributed by atoms with van der Waals surface area (Å²) >= 11 is 0. The summed E-state index contributed by atoms with van der Waals surface area (Å²) in [4.78, 5) is 10.6. The lowest BCUT2D eigenvalue weighted by Crippen LogP contribution is -2.09. The average Bonchev–Trinajstić information content (AvgIpc) is 3.20. The van der Waals surface area contributed by atoms with Crippen molar-refractivity contribution in [2.24, 2.45) is 5.92 Å². The fourth-order valence-electron chi connectivity index (χ4n) is 4.88. The molecule has 2 unspecified atom stereocenters. The van der Waals surface area contributed by atoms with Crippen molar-refractivity contribution in [3.8, 4) is 5.75 Å². The maximum atomic E-state index is 10.6. The van der Waals surface area contributed by atoms with Gasteiger partial charge in [0.05, 0.1) is 0 Å². The molecular weight excluding hydrogens is 360 g/mol. The zero-order valence-corrected chi connectivity index (χ0v) is 16.9. The third-order valence-corrected chi connectivity index (χ3v) is 6.30. The van der Waals surface area contributed by atoms with Crippen LogP contribution in [0.1, 0.15) is 55.6 Å². The molecule has 0 radical (unpaired) electrons. The molecule has 1 aliphatic carbocycles. The molecule has 3 aromatic rings.